The minimum absolute atomic E-state index is 0.281. The van der Waals surface area contributed by atoms with Crippen LogP contribution in [0.1, 0.15) is 17.8 Å². The summed E-state index contributed by atoms with van der Waals surface area (Å²) >= 11 is 1.83. The maximum atomic E-state index is 8.61. The zero-order chi connectivity index (χ0) is 11.8. The van der Waals surface area contributed by atoms with Gasteiger partial charge >= 0.3 is 0 Å². The molecular formula is C11H19N3OS. The summed E-state index contributed by atoms with van der Waals surface area (Å²) in [5, 5.41) is 11.8. The van der Waals surface area contributed by atoms with Crippen molar-refractivity contribution < 1.29 is 5.11 Å². The van der Waals surface area contributed by atoms with Gasteiger partial charge in [-0.15, -0.1) is 0 Å². The fourth-order valence-corrected chi connectivity index (χ4v) is 1.93. The molecule has 90 valence electrons. The second kappa shape index (κ2) is 7.46. The van der Waals surface area contributed by atoms with Crippen molar-refractivity contribution in [3.05, 3.63) is 17.6 Å². The molecule has 1 heterocycles. The summed E-state index contributed by atoms with van der Waals surface area (Å²) in [4.78, 5) is 8.63. The number of rotatable bonds is 7. The highest BCUT2D eigenvalue weighted by molar-refractivity contribution is 7.99. The molecule has 5 heteroatoms. The van der Waals surface area contributed by atoms with Crippen LogP contribution >= 0.6 is 11.8 Å². The van der Waals surface area contributed by atoms with Crippen LogP contribution in [0.25, 0.3) is 0 Å². The van der Waals surface area contributed by atoms with Crippen molar-refractivity contribution >= 4 is 17.6 Å². The standard InChI is InChI=1S/C11H19N3OS/c1-9-10(2)14-11(8-13-9)12-4-7-16-6-3-5-15/h8,15H,3-7H2,1-2H3,(H,12,14). The lowest BCUT2D eigenvalue weighted by Crippen LogP contribution is -2.07. The molecule has 0 aromatic carbocycles. The van der Waals surface area contributed by atoms with E-state index in [0.29, 0.717) is 0 Å². The number of aliphatic hydroxyl groups excluding tert-OH is 1. The van der Waals surface area contributed by atoms with Crippen LogP contribution in [0.15, 0.2) is 6.20 Å². The smallest absolute Gasteiger partial charge is 0.144 e. The van der Waals surface area contributed by atoms with Crippen molar-refractivity contribution in [3.8, 4) is 0 Å². The molecule has 0 spiro atoms. The molecule has 2 N–H and O–H groups in total. The zero-order valence-corrected chi connectivity index (χ0v) is 10.7. The third kappa shape index (κ3) is 4.81. The number of nitrogens with zero attached hydrogens (tertiary/aromatic N) is 2. The molecule has 0 amide bonds. The predicted molar refractivity (Wildman–Crippen MR) is 69.0 cm³/mol. The topological polar surface area (TPSA) is 58.0 Å². The molecule has 0 radical (unpaired) electrons. The summed E-state index contributed by atoms with van der Waals surface area (Å²) in [6, 6.07) is 0. The second-order valence-corrected chi connectivity index (χ2v) is 4.77. The van der Waals surface area contributed by atoms with E-state index in [2.05, 4.69) is 15.3 Å². The first-order valence-corrected chi connectivity index (χ1v) is 6.62. The highest BCUT2D eigenvalue weighted by atomic mass is 32.2. The largest absolute Gasteiger partial charge is 0.396 e. The Hall–Kier alpha value is -0.810. The Bertz CT molecular complexity index is 320. The summed E-state index contributed by atoms with van der Waals surface area (Å²) in [6.45, 7) is 5.08. The number of nitrogens with one attached hydrogen (secondary N) is 1. The van der Waals surface area contributed by atoms with E-state index >= 15 is 0 Å². The highest BCUT2D eigenvalue weighted by Gasteiger charge is 1.98. The lowest BCUT2D eigenvalue weighted by molar-refractivity contribution is 0.296. The van der Waals surface area contributed by atoms with Crippen LogP contribution in [-0.2, 0) is 0 Å². The second-order valence-electron chi connectivity index (χ2n) is 3.54. The minimum atomic E-state index is 0.281. The zero-order valence-electron chi connectivity index (χ0n) is 9.86. The Balaban J connectivity index is 2.19. The minimum Gasteiger partial charge on any atom is -0.396 e. The summed E-state index contributed by atoms with van der Waals surface area (Å²) < 4.78 is 0. The van der Waals surface area contributed by atoms with Crippen molar-refractivity contribution in [1.29, 1.82) is 0 Å². The molecule has 0 aliphatic rings. The average Bonchev–Trinajstić information content (AvgIpc) is 2.28. The molecular weight excluding hydrogens is 222 g/mol. The first-order valence-electron chi connectivity index (χ1n) is 5.46. The van der Waals surface area contributed by atoms with Crippen molar-refractivity contribution in [2.75, 3.05) is 30.0 Å². The van der Waals surface area contributed by atoms with Crippen molar-refractivity contribution in [3.63, 3.8) is 0 Å². The molecule has 0 saturated carbocycles. The lowest BCUT2D eigenvalue weighted by Gasteiger charge is -2.06. The molecule has 0 unspecified atom stereocenters. The van der Waals surface area contributed by atoms with Gasteiger partial charge in [-0.2, -0.15) is 11.8 Å². The van der Waals surface area contributed by atoms with Crippen LogP contribution in [0.2, 0.25) is 0 Å². The van der Waals surface area contributed by atoms with Gasteiger partial charge in [-0.1, -0.05) is 0 Å². The van der Waals surface area contributed by atoms with Gasteiger partial charge in [-0.3, -0.25) is 4.98 Å². The molecule has 1 aromatic heterocycles. The van der Waals surface area contributed by atoms with E-state index in [0.717, 1.165) is 41.7 Å². The van der Waals surface area contributed by atoms with Gasteiger partial charge in [0.15, 0.2) is 0 Å². The number of hydrogen-bond donors (Lipinski definition) is 2. The molecule has 0 bridgehead atoms. The SMILES string of the molecule is Cc1ncc(NCCSCCCO)nc1C. The van der Waals surface area contributed by atoms with Crippen molar-refractivity contribution in [2.45, 2.75) is 20.3 Å². The fourth-order valence-electron chi connectivity index (χ4n) is 1.15. The molecule has 1 rings (SSSR count). The Morgan fingerprint density at radius 3 is 2.81 bits per heavy atom. The van der Waals surface area contributed by atoms with Gasteiger partial charge in [0, 0.05) is 18.9 Å². The van der Waals surface area contributed by atoms with Gasteiger partial charge in [0.1, 0.15) is 5.82 Å². The molecule has 16 heavy (non-hydrogen) atoms. The molecule has 1 aromatic rings. The predicted octanol–water partition coefficient (Wildman–Crippen LogP) is 1.62. The monoisotopic (exact) mass is 241 g/mol. The first-order chi connectivity index (χ1) is 7.74. The summed E-state index contributed by atoms with van der Waals surface area (Å²) in [7, 11) is 0. The summed E-state index contributed by atoms with van der Waals surface area (Å²) in [5.41, 5.74) is 1.95. The average molecular weight is 241 g/mol. The molecule has 0 atom stereocenters. The van der Waals surface area contributed by atoms with Crippen LogP contribution in [-0.4, -0.2) is 39.7 Å². The van der Waals surface area contributed by atoms with Crippen LogP contribution < -0.4 is 5.32 Å². The number of hydrogen-bond acceptors (Lipinski definition) is 5. The van der Waals surface area contributed by atoms with Crippen molar-refractivity contribution in [1.82, 2.24) is 9.97 Å². The third-order valence-corrected chi connectivity index (χ3v) is 3.26. The number of thioether (sulfide) groups is 1. The third-order valence-electron chi connectivity index (χ3n) is 2.19. The fraction of sp³-hybridized carbons (Fsp3) is 0.636. The maximum Gasteiger partial charge on any atom is 0.144 e. The van der Waals surface area contributed by atoms with Crippen LogP contribution in [0.3, 0.4) is 0 Å². The van der Waals surface area contributed by atoms with Crippen molar-refractivity contribution in [2.24, 2.45) is 0 Å². The molecule has 0 saturated heterocycles. The van der Waals surface area contributed by atoms with E-state index in [4.69, 9.17) is 5.11 Å². The Kier molecular flexibility index (Phi) is 6.18. The molecule has 4 nitrogen and oxygen atoms in total. The van der Waals surface area contributed by atoms with Crippen LogP contribution in [0.4, 0.5) is 5.82 Å². The lowest BCUT2D eigenvalue weighted by atomic mass is 10.3. The van der Waals surface area contributed by atoms with Gasteiger partial charge in [-0.05, 0) is 26.0 Å². The molecule has 0 fully saturated rings. The molecule has 0 aliphatic carbocycles. The van der Waals surface area contributed by atoms with E-state index in [1.54, 1.807) is 6.20 Å². The number of aryl methyl sites for hydroxylation is 2. The maximum absolute atomic E-state index is 8.61. The first kappa shape index (κ1) is 13.3. The normalized spacial score (nSPS) is 10.4. The Morgan fingerprint density at radius 1 is 1.31 bits per heavy atom. The van der Waals surface area contributed by atoms with Gasteiger partial charge in [-0.25, -0.2) is 4.98 Å². The van der Waals surface area contributed by atoms with E-state index < -0.39 is 0 Å². The number of anilines is 1. The van der Waals surface area contributed by atoms with Crippen LogP contribution in [0, 0.1) is 13.8 Å². The number of aliphatic hydroxyl groups is 1. The number of aromatic nitrogens is 2. The van der Waals surface area contributed by atoms with E-state index in [9.17, 15) is 0 Å². The Labute approximate surface area is 101 Å². The van der Waals surface area contributed by atoms with Gasteiger partial charge in [0.2, 0.25) is 0 Å². The highest BCUT2D eigenvalue weighted by Crippen LogP contribution is 2.06. The van der Waals surface area contributed by atoms with Crippen LogP contribution in [0.5, 0.6) is 0 Å². The van der Waals surface area contributed by atoms with Gasteiger partial charge in [0.25, 0.3) is 0 Å². The van der Waals surface area contributed by atoms with Gasteiger partial charge < -0.3 is 10.4 Å². The Morgan fingerprint density at radius 2 is 2.12 bits per heavy atom. The summed E-state index contributed by atoms with van der Waals surface area (Å²) in [6.07, 6.45) is 2.63. The summed E-state index contributed by atoms with van der Waals surface area (Å²) in [5.74, 6) is 2.87. The van der Waals surface area contributed by atoms with E-state index in [1.807, 2.05) is 25.6 Å². The quantitative estimate of drug-likeness (QED) is 0.710. The van der Waals surface area contributed by atoms with E-state index in [1.165, 1.54) is 0 Å². The van der Waals surface area contributed by atoms with Gasteiger partial charge in [0.05, 0.1) is 17.6 Å². The molecule has 0 aliphatic heterocycles. The van der Waals surface area contributed by atoms with E-state index in [-0.39, 0.29) is 6.61 Å².